The molecule has 100 valence electrons. The molecule has 1 fully saturated rings. The number of benzene rings is 1. The predicted octanol–water partition coefficient (Wildman–Crippen LogP) is 3.32. The Balaban J connectivity index is 1.78. The Morgan fingerprint density at radius 1 is 1.26 bits per heavy atom. The van der Waals surface area contributed by atoms with Crippen LogP contribution >= 0.6 is 0 Å². The summed E-state index contributed by atoms with van der Waals surface area (Å²) in [6.07, 6.45) is 6.06. The minimum absolute atomic E-state index is 0.405. The lowest BCUT2D eigenvalue weighted by molar-refractivity contribution is 0.473. The third-order valence-corrected chi connectivity index (χ3v) is 3.70. The Labute approximate surface area is 114 Å². The number of para-hydroxylation sites is 1. The van der Waals surface area contributed by atoms with Crippen molar-refractivity contribution in [3.63, 3.8) is 0 Å². The van der Waals surface area contributed by atoms with Gasteiger partial charge in [0.2, 0.25) is 0 Å². The second kappa shape index (κ2) is 5.57. The lowest BCUT2D eigenvalue weighted by Crippen LogP contribution is -2.22. The molecule has 2 aromatic rings. The number of aromatic nitrogens is 2. The number of nitrogens with zero attached hydrogens (tertiary/aromatic N) is 2. The summed E-state index contributed by atoms with van der Waals surface area (Å²) in [5.41, 5.74) is 2.29. The molecule has 0 radical (unpaired) electrons. The van der Waals surface area contributed by atoms with Crippen LogP contribution in [0.25, 0.3) is 5.69 Å². The smallest absolute Gasteiger partial charge is 0.0798 e. The van der Waals surface area contributed by atoms with Crippen molar-refractivity contribution < 1.29 is 0 Å². The predicted molar refractivity (Wildman–Crippen MR) is 77.3 cm³/mol. The van der Waals surface area contributed by atoms with Crippen LogP contribution < -0.4 is 5.32 Å². The molecule has 0 saturated heterocycles. The molecule has 0 spiro atoms. The van der Waals surface area contributed by atoms with Crippen molar-refractivity contribution in [1.29, 1.82) is 0 Å². The second-order valence-electron chi connectivity index (χ2n) is 5.31. The summed E-state index contributed by atoms with van der Waals surface area (Å²) in [7, 11) is 0. The highest BCUT2D eigenvalue weighted by atomic mass is 15.3. The molecule has 1 atom stereocenters. The molecule has 1 saturated carbocycles. The molecule has 0 aliphatic heterocycles. The Hall–Kier alpha value is -1.61. The van der Waals surface area contributed by atoms with Gasteiger partial charge < -0.3 is 5.32 Å². The van der Waals surface area contributed by atoms with Gasteiger partial charge in [-0.15, -0.1) is 0 Å². The van der Waals surface area contributed by atoms with E-state index in [2.05, 4.69) is 36.6 Å². The van der Waals surface area contributed by atoms with Crippen LogP contribution in [0.5, 0.6) is 0 Å². The van der Waals surface area contributed by atoms with E-state index in [-0.39, 0.29) is 0 Å². The summed E-state index contributed by atoms with van der Waals surface area (Å²) in [4.78, 5) is 0. The summed E-state index contributed by atoms with van der Waals surface area (Å²) in [5, 5.41) is 8.29. The first-order chi connectivity index (χ1) is 9.36. The van der Waals surface area contributed by atoms with Gasteiger partial charge >= 0.3 is 0 Å². The molecule has 3 rings (SSSR count). The van der Waals surface area contributed by atoms with E-state index in [9.17, 15) is 0 Å². The van der Waals surface area contributed by atoms with Gasteiger partial charge in [0.05, 0.1) is 17.4 Å². The number of nitrogens with one attached hydrogen (secondary N) is 1. The van der Waals surface area contributed by atoms with Crippen LogP contribution in [-0.4, -0.2) is 16.3 Å². The van der Waals surface area contributed by atoms with E-state index in [0.29, 0.717) is 6.04 Å². The maximum absolute atomic E-state index is 4.73. The fourth-order valence-corrected chi connectivity index (χ4v) is 2.49. The third-order valence-electron chi connectivity index (χ3n) is 3.70. The van der Waals surface area contributed by atoms with Gasteiger partial charge in [0.15, 0.2) is 0 Å². The van der Waals surface area contributed by atoms with E-state index in [1.807, 2.05) is 22.9 Å². The lowest BCUT2D eigenvalue weighted by Gasteiger charge is -2.15. The van der Waals surface area contributed by atoms with E-state index in [0.717, 1.165) is 23.8 Å². The van der Waals surface area contributed by atoms with E-state index < -0.39 is 0 Å². The molecule has 3 heteroatoms. The first-order valence-electron chi connectivity index (χ1n) is 7.21. The van der Waals surface area contributed by atoms with E-state index in [1.54, 1.807) is 0 Å². The number of hydrogen-bond donors (Lipinski definition) is 1. The molecular weight excluding hydrogens is 234 g/mol. The first-order valence-corrected chi connectivity index (χ1v) is 7.21. The normalized spacial score (nSPS) is 16.5. The number of rotatable bonds is 6. The van der Waals surface area contributed by atoms with Gasteiger partial charge in [-0.3, -0.25) is 0 Å². The zero-order valence-corrected chi connectivity index (χ0v) is 11.4. The van der Waals surface area contributed by atoms with Crippen molar-refractivity contribution in [3.05, 3.63) is 48.3 Å². The van der Waals surface area contributed by atoms with Crippen molar-refractivity contribution in [2.45, 2.75) is 32.2 Å². The quantitative estimate of drug-likeness (QED) is 0.858. The highest BCUT2D eigenvalue weighted by molar-refractivity contribution is 5.30. The van der Waals surface area contributed by atoms with Crippen LogP contribution in [0.1, 0.15) is 37.9 Å². The third kappa shape index (κ3) is 3.04. The SMILES string of the molecule is CCNC(CC1CC1)c1ccn(-c2ccccc2)n1. The molecule has 1 aliphatic rings. The second-order valence-corrected chi connectivity index (χ2v) is 5.31. The monoisotopic (exact) mass is 255 g/mol. The highest BCUT2D eigenvalue weighted by Crippen LogP contribution is 2.37. The maximum atomic E-state index is 4.73. The highest BCUT2D eigenvalue weighted by Gasteiger charge is 2.26. The largest absolute Gasteiger partial charge is 0.309 e. The van der Waals surface area contributed by atoms with Crippen molar-refractivity contribution in [2.75, 3.05) is 6.54 Å². The Morgan fingerprint density at radius 3 is 2.74 bits per heavy atom. The molecule has 3 nitrogen and oxygen atoms in total. The topological polar surface area (TPSA) is 29.9 Å². The Bertz CT molecular complexity index is 514. The van der Waals surface area contributed by atoms with Crippen LogP contribution in [0.4, 0.5) is 0 Å². The van der Waals surface area contributed by atoms with Crippen molar-refractivity contribution in [1.82, 2.24) is 15.1 Å². The summed E-state index contributed by atoms with van der Waals surface area (Å²) in [5.74, 6) is 0.908. The van der Waals surface area contributed by atoms with Crippen molar-refractivity contribution in [3.8, 4) is 5.69 Å². The summed E-state index contributed by atoms with van der Waals surface area (Å²) >= 11 is 0. The van der Waals surface area contributed by atoms with Gasteiger partial charge in [0, 0.05) is 6.20 Å². The summed E-state index contributed by atoms with van der Waals surface area (Å²) in [6, 6.07) is 12.8. The fraction of sp³-hybridized carbons (Fsp3) is 0.438. The Kier molecular flexibility index (Phi) is 3.65. The van der Waals surface area contributed by atoms with Crippen LogP contribution in [-0.2, 0) is 0 Å². The van der Waals surface area contributed by atoms with Gasteiger partial charge in [-0.2, -0.15) is 5.10 Å². The van der Waals surface area contributed by atoms with Crippen LogP contribution in [0.15, 0.2) is 42.6 Å². The molecule has 1 aromatic carbocycles. The van der Waals surface area contributed by atoms with Crippen molar-refractivity contribution >= 4 is 0 Å². The standard InChI is InChI=1S/C16H21N3/c1-2-17-16(12-13-8-9-13)15-10-11-19(18-15)14-6-4-3-5-7-14/h3-7,10-11,13,16-17H,2,8-9,12H2,1H3. The van der Waals surface area contributed by atoms with Crippen molar-refractivity contribution in [2.24, 2.45) is 5.92 Å². The minimum Gasteiger partial charge on any atom is -0.309 e. The van der Waals surface area contributed by atoms with E-state index >= 15 is 0 Å². The zero-order chi connectivity index (χ0) is 13.1. The number of hydrogen-bond acceptors (Lipinski definition) is 2. The van der Waals surface area contributed by atoms with Gasteiger partial charge in [-0.25, -0.2) is 4.68 Å². The average Bonchev–Trinajstić information content (AvgIpc) is 3.13. The molecule has 1 N–H and O–H groups in total. The average molecular weight is 255 g/mol. The molecule has 1 heterocycles. The van der Waals surface area contributed by atoms with E-state index in [1.165, 1.54) is 19.3 Å². The lowest BCUT2D eigenvalue weighted by atomic mass is 10.1. The summed E-state index contributed by atoms with van der Waals surface area (Å²) < 4.78 is 1.96. The molecule has 0 bridgehead atoms. The molecule has 1 aromatic heterocycles. The van der Waals surface area contributed by atoms with Crippen LogP contribution in [0, 0.1) is 5.92 Å². The molecule has 0 amide bonds. The minimum atomic E-state index is 0.405. The van der Waals surface area contributed by atoms with Gasteiger partial charge in [0.25, 0.3) is 0 Å². The van der Waals surface area contributed by atoms with E-state index in [4.69, 9.17) is 5.10 Å². The molecule has 1 aliphatic carbocycles. The maximum Gasteiger partial charge on any atom is 0.0798 e. The fourth-order valence-electron chi connectivity index (χ4n) is 2.49. The molecule has 19 heavy (non-hydrogen) atoms. The van der Waals surface area contributed by atoms with Crippen LogP contribution in [0.3, 0.4) is 0 Å². The Morgan fingerprint density at radius 2 is 2.05 bits per heavy atom. The van der Waals surface area contributed by atoms with Gasteiger partial charge in [-0.05, 0) is 37.1 Å². The molecular formula is C16H21N3. The summed E-state index contributed by atoms with van der Waals surface area (Å²) in [6.45, 7) is 3.16. The molecule has 1 unspecified atom stereocenters. The van der Waals surface area contributed by atoms with Gasteiger partial charge in [0.1, 0.15) is 0 Å². The van der Waals surface area contributed by atoms with Gasteiger partial charge in [-0.1, -0.05) is 38.0 Å². The zero-order valence-electron chi connectivity index (χ0n) is 11.4. The first kappa shape index (κ1) is 12.4. The van der Waals surface area contributed by atoms with Crippen LogP contribution in [0.2, 0.25) is 0 Å².